The highest BCUT2D eigenvalue weighted by molar-refractivity contribution is 4.55. The lowest BCUT2D eigenvalue weighted by molar-refractivity contribution is -0.932. The predicted molar refractivity (Wildman–Crippen MR) is 64.8 cm³/mol. The number of hydrogen-bond donors (Lipinski definition) is 1. The number of aliphatic hydroxyl groups is 1. The van der Waals surface area contributed by atoms with Gasteiger partial charge in [-0.05, 0) is 32.1 Å². The van der Waals surface area contributed by atoms with Gasteiger partial charge in [0.15, 0.2) is 0 Å². The maximum absolute atomic E-state index is 9.17. The van der Waals surface area contributed by atoms with Gasteiger partial charge in [0, 0.05) is 0 Å². The van der Waals surface area contributed by atoms with E-state index >= 15 is 0 Å². The van der Waals surface area contributed by atoms with E-state index in [1.165, 1.54) is 69.1 Å². The van der Waals surface area contributed by atoms with Crippen molar-refractivity contribution in [2.24, 2.45) is 0 Å². The van der Waals surface area contributed by atoms with Crippen molar-refractivity contribution >= 4 is 0 Å². The molecule has 1 heterocycles. The standard InChI is InChI=1S/C13H28NO/c1-2-3-4-6-9-14(12-13-15)10-7-5-8-11-14/h15H,2-13H2,1H3/q+1. The van der Waals surface area contributed by atoms with Gasteiger partial charge in [0.25, 0.3) is 0 Å². The highest BCUT2D eigenvalue weighted by atomic mass is 16.3. The van der Waals surface area contributed by atoms with Crippen molar-refractivity contribution in [1.82, 2.24) is 0 Å². The summed E-state index contributed by atoms with van der Waals surface area (Å²) in [7, 11) is 0. The minimum Gasteiger partial charge on any atom is -0.391 e. The number of hydrogen-bond acceptors (Lipinski definition) is 1. The molecule has 1 aliphatic heterocycles. The van der Waals surface area contributed by atoms with Gasteiger partial charge in [-0.25, -0.2) is 0 Å². The number of nitrogens with zero attached hydrogens (tertiary/aromatic N) is 1. The van der Waals surface area contributed by atoms with Crippen molar-refractivity contribution in [3.63, 3.8) is 0 Å². The molecule has 0 unspecified atom stereocenters. The van der Waals surface area contributed by atoms with Gasteiger partial charge < -0.3 is 9.59 Å². The van der Waals surface area contributed by atoms with E-state index in [9.17, 15) is 5.11 Å². The van der Waals surface area contributed by atoms with Crippen molar-refractivity contribution in [3.8, 4) is 0 Å². The summed E-state index contributed by atoms with van der Waals surface area (Å²) in [5, 5.41) is 9.17. The van der Waals surface area contributed by atoms with Crippen LogP contribution in [0.15, 0.2) is 0 Å². The molecule has 0 saturated carbocycles. The van der Waals surface area contributed by atoms with Gasteiger partial charge in [0.2, 0.25) is 0 Å². The first-order chi connectivity index (χ1) is 7.33. The zero-order valence-electron chi connectivity index (χ0n) is 10.4. The number of likely N-dealkylation sites (tertiary alicyclic amines) is 1. The molecule has 1 fully saturated rings. The molecule has 1 N–H and O–H groups in total. The summed E-state index contributed by atoms with van der Waals surface area (Å²) in [6.45, 7) is 7.55. The predicted octanol–water partition coefficient (Wildman–Crippen LogP) is 2.56. The summed E-state index contributed by atoms with van der Waals surface area (Å²) in [6.07, 6.45) is 9.57. The largest absolute Gasteiger partial charge is 0.391 e. The lowest BCUT2D eigenvalue weighted by Gasteiger charge is -2.41. The Hall–Kier alpha value is -0.0800. The molecule has 0 amide bonds. The van der Waals surface area contributed by atoms with Crippen LogP contribution in [-0.4, -0.2) is 42.4 Å². The molecule has 0 aromatic carbocycles. The number of piperidine rings is 1. The Morgan fingerprint density at radius 1 is 0.933 bits per heavy atom. The topological polar surface area (TPSA) is 20.2 Å². The van der Waals surface area contributed by atoms with E-state index in [4.69, 9.17) is 0 Å². The van der Waals surface area contributed by atoms with Crippen LogP contribution in [0.1, 0.15) is 51.9 Å². The Bertz CT molecular complexity index is 147. The quantitative estimate of drug-likeness (QED) is 0.510. The van der Waals surface area contributed by atoms with Crippen LogP contribution in [0.25, 0.3) is 0 Å². The van der Waals surface area contributed by atoms with Crippen molar-refractivity contribution < 1.29 is 9.59 Å². The van der Waals surface area contributed by atoms with Crippen LogP contribution >= 0.6 is 0 Å². The molecule has 2 heteroatoms. The minimum atomic E-state index is 0.369. The van der Waals surface area contributed by atoms with E-state index in [1.807, 2.05) is 0 Å². The molecule has 1 saturated heterocycles. The highest BCUT2D eigenvalue weighted by Crippen LogP contribution is 2.20. The maximum Gasteiger partial charge on any atom is 0.102 e. The Morgan fingerprint density at radius 3 is 2.27 bits per heavy atom. The average Bonchev–Trinajstić information content (AvgIpc) is 2.26. The van der Waals surface area contributed by atoms with Crippen LogP contribution in [0, 0.1) is 0 Å². The Morgan fingerprint density at radius 2 is 1.67 bits per heavy atom. The normalized spacial score (nSPS) is 20.4. The van der Waals surface area contributed by atoms with E-state index in [0.717, 1.165) is 6.54 Å². The van der Waals surface area contributed by atoms with Gasteiger partial charge in [-0.15, -0.1) is 0 Å². The number of rotatable bonds is 7. The molecule has 0 radical (unpaired) electrons. The summed E-state index contributed by atoms with van der Waals surface area (Å²) >= 11 is 0. The van der Waals surface area contributed by atoms with Gasteiger partial charge in [0.1, 0.15) is 6.54 Å². The zero-order chi connectivity index (χ0) is 11.0. The lowest BCUT2D eigenvalue weighted by Crippen LogP contribution is -2.53. The third-order valence-corrected chi connectivity index (χ3v) is 3.83. The van der Waals surface area contributed by atoms with Crippen LogP contribution in [0.4, 0.5) is 0 Å². The third-order valence-electron chi connectivity index (χ3n) is 3.83. The van der Waals surface area contributed by atoms with E-state index in [0.29, 0.717) is 6.61 Å². The van der Waals surface area contributed by atoms with E-state index in [1.54, 1.807) is 0 Å². The fourth-order valence-electron chi connectivity index (χ4n) is 2.83. The van der Waals surface area contributed by atoms with E-state index < -0.39 is 0 Å². The van der Waals surface area contributed by atoms with Gasteiger partial charge in [-0.2, -0.15) is 0 Å². The molecule has 0 bridgehead atoms. The molecule has 0 aromatic rings. The molecule has 15 heavy (non-hydrogen) atoms. The fraction of sp³-hybridized carbons (Fsp3) is 1.00. The molecule has 1 rings (SSSR count). The molecule has 2 nitrogen and oxygen atoms in total. The monoisotopic (exact) mass is 214 g/mol. The van der Waals surface area contributed by atoms with Gasteiger partial charge in [0.05, 0.1) is 26.2 Å². The summed E-state index contributed by atoms with van der Waals surface area (Å²) < 4.78 is 1.21. The molecular formula is C13H28NO+. The second-order valence-corrected chi connectivity index (χ2v) is 5.08. The van der Waals surface area contributed by atoms with Crippen LogP contribution in [-0.2, 0) is 0 Å². The van der Waals surface area contributed by atoms with Crippen molar-refractivity contribution in [1.29, 1.82) is 0 Å². The second-order valence-electron chi connectivity index (χ2n) is 5.08. The van der Waals surface area contributed by atoms with Gasteiger partial charge in [-0.1, -0.05) is 19.8 Å². The van der Waals surface area contributed by atoms with Crippen molar-refractivity contribution in [2.75, 3.05) is 32.8 Å². The van der Waals surface area contributed by atoms with Crippen LogP contribution in [0.3, 0.4) is 0 Å². The number of unbranched alkanes of at least 4 members (excludes halogenated alkanes) is 3. The second kappa shape index (κ2) is 7.24. The van der Waals surface area contributed by atoms with E-state index in [-0.39, 0.29) is 0 Å². The number of aliphatic hydroxyl groups excluding tert-OH is 1. The van der Waals surface area contributed by atoms with E-state index in [2.05, 4.69) is 6.92 Å². The first kappa shape index (κ1) is 13.0. The molecule has 0 spiro atoms. The van der Waals surface area contributed by atoms with Crippen LogP contribution in [0.2, 0.25) is 0 Å². The Labute approximate surface area is 94.9 Å². The molecule has 0 aliphatic carbocycles. The van der Waals surface area contributed by atoms with Gasteiger partial charge >= 0.3 is 0 Å². The molecule has 90 valence electrons. The SMILES string of the molecule is CCCCCC[N+]1(CCO)CCCCC1. The maximum atomic E-state index is 9.17. The zero-order valence-corrected chi connectivity index (χ0v) is 10.4. The van der Waals surface area contributed by atoms with Crippen molar-refractivity contribution in [2.45, 2.75) is 51.9 Å². The first-order valence-corrected chi connectivity index (χ1v) is 6.79. The summed E-state index contributed by atoms with van der Waals surface area (Å²) in [4.78, 5) is 0. The van der Waals surface area contributed by atoms with Crippen LogP contribution < -0.4 is 0 Å². The first-order valence-electron chi connectivity index (χ1n) is 6.79. The smallest absolute Gasteiger partial charge is 0.102 e. The third kappa shape index (κ3) is 4.52. The molecule has 0 aromatic heterocycles. The lowest BCUT2D eigenvalue weighted by atomic mass is 10.1. The Balaban J connectivity index is 2.28. The fourth-order valence-corrected chi connectivity index (χ4v) is 2.83. The average molecular weight is 214 g/mol. The summed E-state index contributed by atoms with van der Waals surface area (Å²) in [6, 6.07) is 0. The summed E-state index contributed by atoms with van der Waals surface area (Å²) in [5.74, 6) is 0. The minimum absolute atomic E-state index is 0.369. The van der Waals surface area contributed by atoms with Crippen molar-refractivity contribution in [3.05, 3.63) is 0 Å². The number of quaternary nitrogens is 1. The Kier molecular flexibility index (Phi) is 6.26. The molecule has 0 atom stereocenters. The van der Waals surface area contributed by atoms with Crippen LogP contribution in [0.5, 0.6) is 0 Å². The van der Waals surface area contributed by atoms with Gasteiger partial charge in [-0.3, -0.25) is 0 Å². The molecular weight excluding hydrogens is 186 g/mol. The highest BCUT2D eigenvalue weighted by Gasteiger charge is 2.28. The molecule has 1 aliphatic rings. The summed E-state index contributed by atoms with van der Waals surface area (Å²) in [5.41, 5.74) is 0.